The number of aliphatic hydroxyl groups is 1. The van der Waals surface area contributed by atoms with Gasteiger partial charge in [0.2, 0.25) is 0 Å². The standard InChI is InChI=1S/C13H17F3OS/c1-8-6-10(7-18-8)12(17)9-2-4-11(5-3-9)13(14,15)16/h6-7,9,11-12,17H,2-5H2,1H3. The van der Waals surface area contributed by atoms with Crippen LogP contribution in [0.2, 0.25) is 0 Å². The summed E-state index contributed by atoms with van der Waals surface area (Å²) in [5.41, 5.74) is 0.855. The molecular weight excluding hydrogens is 261 g/mol. The highest BCUT2D eigenvalue weighted by molar-refractivity contribution is 7.10. The molecule has 0 aliphatic heterocycles. The Morgan fingerprint density at radius 1 is 1.28 bits per heavy atom. The second-order valence-electron chi connectivity index (χ2n) is 5.09. The molecular formula is C13H17F3OS. The lowest BCUT2D eigenvalue weighted by Gasteiger charge is -2.32. The highest BCUT2D eigenvalue weighted by Gasteiger charge is 2.42. The van der Waals surface area contributed by atoms with E-state index in [0.29, 0.717) is 12.8 Å². The lowest BCUT2D eigenvalue weighted by Crippen LogP contribution is -2.29. The van der Waals surface area contributed by atoms with Crippen LogP contribution >= 0.6 is 11.3 Å². The van der Waals surface area contributed by atoms with Gasteiger partial charge in [-0.05, 0) is 55.5 Å². The number of rotatable bonds is 2. The van der Waals surface area contributed by atoms with Gasteiger partial charge in [0.15, 0.2) is 0 Å². The molecule has 0 radical (unpaired) electrons. The summed E-state index contributed by atoms with van der Waals surface area (Å²) in [6.07, 6.45) is -3.47. The molecule has 1 nitrogen and oxygen atoms in total. The van der Waals surface area contributed by atoms with Crippen LogP contribution in [0.1, 0.15) is 42.2 Å². The van der Waals surface area contributed by atoms with E-state index < -0.39 is 18.2 Å². The van der Waals surface area contributed by atoms with Gasteiger partial charge >= 0.3 is 6.18 Å². The fourth-order valence-corrected chi connectivity index (χ4v) is 3.39. The zero-order valence-electron chi connectivity index (χ0n) is 10.2. The highest BCUT2D eigenvalue weighted by atomic mass is 32.1. The first-order valence-electron chi connectivity index (χ1n) is 6.17. The van der Waals surface area contributed by atoms with Crippen LogP contribution in [0.15, 0.2) is 11.4 Å². The highest BCUT2D eigenvalue weighted by Crippen LogP contribution is 2.43. The van der Waals surface area contributed by atoms with Crippen molar-refractivity contribution in [3.8, 4) is 0 Å². The summed E-state index contributed by atoms with van der Waals surface area (Å²) >= 11 is 1.56. The first-order chi connectivity index (χ1) is 8.38. The molecule has 1 unspecified atom stereocenters. The molecule has 1 heterocycles. The summed E-state index contributed by atoms with van der Waals surface area (Å²) < 4.78 is 37.6. The van der Waals surface area contributed by atoms with Crippen molar-refractivity contribution in [2.45, 2.75) is 44.9 Å². The van der Waals surface area contributed by atoms with Crippen molar-refractivity contribution >= 4 is 11.3 Å². The summed E-state index contributed by atoms with van der Waals surface area (Å²) in [4.78, 5) is 1.12. The normalized spacial score (nSPS) is 27.2. The predicted octanol–water partition coefficient (Wildman–Crippen LogP) is 4.46. The molecule has 5 heteroatoms. The smallest absolute Gasteiger partial charge is 0.388 e. The molecule has 1 aliphatic rings. The van der Waals surface area contributed by atoms with Crippen molar-refractivity contribution in [1.29, 1.82) is 0 Å². The van der Waals surface area contributed by atoms with Gasteiger partial charge in [0.05, 0.1) is 12.0 Å². The molecule has 1 saturated carbocycles. The van der Waals surface area contributed by atoms with E-state index in [1.54, 1.807) is 11.3 Å². The first-order valence-corrected chi connectivity index (χ1v) is 7.05. The van der Waals surface area contributed by atoms with Crippen LogP contribution in [0.25, 0.3) is 0 Å². The van der Waals surface area contributed by atoms with Crippen LogP contribution in [0.4, 0.5) is 13.2 Å². The molecule has 18 heavy (non-hydrogen) atoms. The SMILES string of the molecule is Cc1cc(C(O)C2CCC(C(F)(F)F)CC2)cs1. The minimum absolute atomic E-state index is 0.0300. The maximum Gasteiger partial charge on any atom is 0.391 e. The van der Waals surface area contributed by atoms with Gasteiger partial charge in [0.25, 0.3) is 0 Å². The van der Waals surface area contributed by atoms with Crippen LogP contribution in [0.3, 0.4) is 0 Å². The molecule has 1 aromatic heterocycles. The molecule has 0 aromatic carbocycles. The average molecular weight is 278 g/mol. The Morgan fingerprint density at radius 3 is 2.33 bits per heavy atom. The molecule has 0 saturated heterocycles. The maximum absolute atomic E-state index is 12.5. The maximum atomic E-state index is 12.5. The Kier molecular flexibility index (Phi) is 4.02. The summed E-state index contributed by atoms with van der Waals surface area (Å²) in [5.74, 6) is -1.21. The third-order valence-electron chi connectivity index (χ3n) is 3.77. The Bertz CT molecular complexity index is 391. The predicted molar refractivity (Wildman–Crippen MR) is 65.5 cm³/mol. The van der Waals surface area contributed by atoms with Crippen molar-refractivity contribution in [2.24, 2.45) is 11.8 Å². The largest absolute Gasteiger partial charge is 0.391 e. The molecule has 0 spiro atoms. The molecule has 1 aliphatic carbocycles. The fourth-order valence-electron chi connectivity index (χ4n) is 2.65. The summed E-state index contributed by atoms with van der Waals surface area (Å²) in [6, 6.07) is 1.92. The number of aliphatic hydroxyl groups excluding tert-OH is 1. The molecule has 2 rings (SSSR count). The van der Waals surface area contributed by atoms with Gasteiger partial charge in [0.1, 0.15) is 0 Å². The summed E-state index contributed by atoms with van der Waals surface area (Å²) in [5, 5.41) is 12.1. The molecule has 0 amide bonds. The molecule has 1 fully saturated rings. The van der Waals surface area contributed by atoms with E-state index in [-0.39, 0.29) is 18.8 Å². The number of hydrogen-bond acceptors (Lipinski definition) is 2. The Balaban J connectivity index is 1.94. The summed E-state index contributed by atoms with van der Waals surface area (Å²) in [7, 11) is 0. The topological polar surface area (TPSA) is 20.2 Å². The number of halogens is 3. The zero-order valence-corrected chi connectivity index (χ0v) is 11.0. The van der Waals surface area contributed by atoms with Crippen LogP contribution in [-0.4, -0.2) is 11.3 Å². The number of alkyl halides is 3. The zero-order chi connectivity index (χ0) is 13.3. The van der Waals surface area contributed by atoms with Gasteiger partial charge in [-0.1, -0.05) is 0 Å². The van der Waals surface area contributed by atoms with Gasteiger partial charge in [-0.25, -0.2) is 0 Å². The van der Waals surface area contributed by atoms with Gasteiger partial charge in [0, 0.05) is 4.88 Å². The lowest BCUT2D eigenvalue weighted by molar-refractivity contribution is -0.185. The Hall–Kier alpha value is -0.550. The van der Waals surface area contributed by atoms with E-state index in [0.717, 1.165) is 10.4 Å². The number of hydrogen-bond donors (Lipinski definition) is 1. The molecule has 102 valence electrons. The van der Waals surface area contributed by atoms with E-state index >= 15 is 0 Å². The Morgan fingerprint density at radius 2 is 1.89 bits per heavy atom. The minimum Gasteiger partial charge on any atom is -0.388 e. The molecule has 1 aromatic rings. The van der Waals surface area contributed by atoms with Gasteiger partial charge in [-0.3, -0.25) is 0 Å². The van der Waals surface area contributed by atoms with Crippen LogP contribution < -0.4 is 0 Å². The van der Waals surface area contributed by atoms with E-state index in [1.807, 2.05) is 18.4 Å². The van der Waals surface area contributed by atoms with Gasteiger partial charge in [-0.15, -0.1) is 11.3 Å². The lowest BCUT2D eigenvalue weighted by atomic mass is 9.78. The van der Waals surface area contributed by atoms with E-state index in [1.165, 1.54) is 0 Å². The van der Waals surface area contributed by atoms with Crippen LogP contribution in [0.5, 0.6) is 0 Å². The van der Waals surface area contributed by atoms with Crippen molar-refractivity contribution in [2.75, 3.05) is 0 Å². The number of thiophene rings is 1. The van der Waals surface area contributed by atoms with E-state index in [9.17, 15) is 18.3 Å². The molecule has 0 bridgehead atoms. The van der Waals surface area contributed by atoms with Crippen molar-refractivity contribution < 1.29 is 18.3 Å². The minimum atomic E-state index is -4.07. The second kappa shape index (κ2) is 5.21. The van der Waals surface area contributed by atoms with Crippen molar-refractivity contribution in [1.82, 2.24) is 0 Å². The first kappa shape index (κ1) is 13.9. The number of aryl methyl sites for hydroxylation is 1. The van der Waals surface area contributed by atoms with Gasteiger partial charge in [-0.2, -0.15) is 13.2 Å². The quantitative estimate of drug-likeness (QED) is 0.847. The average Bonchev–Trinajstić information content (AvgIpc) is 2.74. The van der Waals surface area contributed by atoms with Crippen LogP contribution in [-0.2, 0) is 0 Å². The third kappa shape index (κ3) is 3.06. The van der Waals surface area contributed by atoms with E-state index in [4.69, 9.17) is 0 Å². The van der Waals surface area contributed by atoms with Crippen molar-refractivity contribution in [3.63, 3.8) is 0 Å². The Labute approximate surface area is 109 Å². The fraction of sp³-hybridized carbons (Fsp3) is 0.692. The second-order valence-corrected chi connectivity index (χ2v) is 6.20. The molecule has 1 atom stereocenters. The van der Waals surface area contributed by atoms with Crippen molar-refractivity contribution in [3.05, 3.63) is 21.9 Å². The monoisotopic (exact) mass is 278 g/mol. The summed E-state index contributed by atoms with van der Waals surface area (Å²) in [6.45, 7) is 1.96. The van der Waals surface area contributed by atoms with Crippen LogP contribution in [0, 0.1) is 18.8 Å². The van der Waals surface area contributed by atoms with E-state index in [2.05, 4.69) is 0 Å². The van der Waals surface area contributed by atoms with Gasteiger partial charge < -0.3 is 5.11 Å². The molecule has 1 N–H and O–H groups in total. The third-order valence-corrected chi connectivity index (χ3v) is 4.65.